The van der Waals surface area contributed by atoms with Crippen LogP contribution in [0.5, 0.6) is 0 Å². The van der Waals surface area contributed by atoms with E-state index in [2.05, 4.69) is 26.8 Å². The molecule has 1 amide bonds. The van der Waals surface area contributed by atoms with Gasteiger partial charge in [0.1, 0.15) is 0 Å². The van der Waals surface area contributed by atoms with Crippen molar-refractivity contribution in [3.05, 3.63) is 71.2 Å². The molecule has 1 fully saturated rings. The van der Waals surface area contributed by atoms with E-state index in [9.17, 15) is 13.2 Å². The summed E-state index contributed by atoms with van der Waals surface area (Å²) in [5.74, 6) is 0.498. The monoisotopic (exact) mass is 470 g/mol. The largest absolute Gasteiger partial charge is 0.322 e. The van der Waals surface area contributed by atoms with Gasteiger partial charge in [-0.15, -0.1) is 11.3 Å². The first-order valence-corrected chi connectivity index (χ1v) is 12.9. The fraction of sp³-hybridized carbons (Fsp3) is 0.304. The van der Waals surface area contributed by atoms with Gasteiger partial charge in [0.25, 0.3) is 15.9 Å². The molecule has 0 aliphatic carbocycles. The van der Waals surface area contributed by atoms with Crippen molar-refractivity contribution in [1.29, 1.82) is 0 Å². The summed E-state index contributed by atoms with van der Waals surface area (Å²) in [6.45, 7) is 5.43. The Balaban J connectivity index is 1.35. The van der Waals surface area contributed by atoms with E-state index in [1.807, 2.05) is 24.3 Å². The Morgan fingerprint density at radius 1 is 1.16 bits per heavy atom. The molecule has 1 aliphatic heterocycles. The van der Waals surface area contributed by atoms with Crippen molar-refractivity contribution in [2.45, 2.75) is 31.2 Å². The minimum absolute atomic E-state index is 0.0992. The van der Waals surface area contributed by atoms with Crippen LogP contribution in [0.15, 0.2) is 65.0 Å². The standard InChI is InChI=1S/C23H26N4O3S2/c1-17-3-2-13-27(15-17)16-18-4-6-19(7-5-18)22(28)25-20-8-10-21(11-9-20)32(29,30)26-23-24-12-14-31-23/h4-12,14,17H,2-3,13,15-16H2,1H3,(H,24,26)(H,25,28). The van der Waals surface area contributed by atoms with Crippen LogP contribution >= 0.6 is 11.3 Å². The molecule has 0 bridgehead atoms. The zero-order chi connectivity index (χ0) is 22.6. The molecular formula is C23H26N4O3S2. The van der Waals surface area contributed by atoms with Crippen LogP contribution in [0.4, 0.5) is 10.8 Å². The highest BCUT2D eigenvalue weighted by molar-refractivity contribution is 7.93. The molecule has 1 aliphatic rings. The number of thiazole rings is 1. The van der Waals surface area contributed by atoms with Crippen molar-refractivity contribution in [2.75, 3.05) is 23.1 Å². The third-order valence-electron chi connectivity index (χ3n) is 5.44. The van der Waals surface area contributed by atoms with Crippen molar-refractivity contribution in [2.24, 2.45) is 5.92 Å². The van der Waals surface area contributed by atoms with Gasteiger partial charge in [0.05, 0.1) is 4.90 Å². The molecule has 1 unspecified atom stereocenters. The lowest BCUT2D eigenvalue weighted by atomic mass is 9.99. The van der Waals surface area contributed by atoms with Crippen LogP contribution in [-0.4, -0.2) is 37.3 Å². The summed E-state index contributed by atoms with van der Waals surface area (Å²) in [6.07, 6.45) is 4.06. The molecule has 32 heavy (non-hydrogen) atoms. The minimum atomic E-state index is -3.72. The molecule has 7 nitrogen and oxygen atoms in total. The van der Waals surface area contributed by atoms with Crippen LogP contribution in [0.1, 0.15) is 35.7 Å². The number of benzene rings is 2. The quantitative estimate of drug-likeness (QED) is 0.533. The SMILES string of the molecule is CC1CCCN(Cc2ccc(C(=O)Nc3ccc(S(=O)(=O)Nc4nccs4)cc3)cc2)C1. The fourth-order valence-electron chi connectivity index (χ4n) is 3.82. The van der Waals surface area contributed by atoms with Crippen LogP contribution in [0.25, 0.3) is 0 Å². The van der Waals surface area contributed by atoms with Gasteiger partial charge in [-0.05, 0) is 67.3 Å². The molecule has 0 saturated carbocycles. The highest BCUT2D eigenvalue weighted by Gasteiger charge is 2.17. The lowest BCUT2D eigenvalue weighted by molar-refractivity contribution is 0.102. The number of carbonyl (C=O) groups excluding carboxylic acids is 1. The Bertz CT molecular complexity index is 1140. The summed E-state index contributed by atoms with van der Waals surface area (Å²) in [6, 6.07) is 13.7. The lowest BCUT2D eigenvalue weighted by Crippen LogP contribution is -2.33. The van der Waals surface area contributed by atoms with Gasteiger partial charge in [-0.3, -0.25) is 14.4 Å². The second-order valence-corrected chi connectivity index (χ2v) is 10.7. The van der Waals surface area contributed by atoms with Crippen molar-refractivity contribution in [3.8, 4) is 0 Å². The molecule has 2 aromatic carbocycles. The van der Waals surface area contributed by atoms with Crippen molar-refractivity contribution in [1.82, 2.24) is 9.88 Å². The third-order valence-corrected chi connectivity index (χ3v) is 7.61. The number of rotatable bonds is 7. The summed E-state index contributed by atoms with van der Waals surface area (Å²) >= 11 is 1.20. The molecule has 0 radical (unpaired) electrons. The number of likely N-dealkylation sites (tertiary alicyclic amines) is 1. The van der Waals surface area contributed by atoms with Gasteiger partial charge in [-0.1, -0.05) is 19.1 Å². The lowest BCUT2D eigenvalue weighted by Gasteiger charge is -2.30. The van der Waals surface area contributed by atoms with Gasteiger partial charge >= 0.3 is 0 Å². The van der Waals surface area contributed by atoms with Crippen LogP contribution < -0.4 is 10.0 Å². The number of piperidine rings is 1. The second-order valence-electron chi connectivity index (χ2n) is 8.10. The smallest absolute Gasteiger partial charge is 0.263 e. The van der Waals surface area contributed by atoms with Crippen molar-refractivity contribution >= 4 is 38.1 Å². The normalized spacial score (nSPS) is 17.1. The molecule has 3 aromatic rings. The van der Waals surface area contributed by atoms with E-state index in [1.54, 1.807) is 17.5 Å². The highest BCUT2D eigenvalue weighted by atomic mass is 32.2. The number of hydrogen-bond acceptors (Lipinski definition) is 6. The number of aromatic nitrogens is 1. The average molecular weight is 471 g/mol. The number of nitrogens with one attached hydrogen (secondary N) is 2. The summed E-state index contributed by atoms with van der Waals surface area (Å²) in [5, 5.41) is 4.81. The predicted octanol–water partition coefficient (Wildman–Crippen LogP) is 4.43. The van der Waals surface area contributed by atoms with E-state index in [1.165, 1.54) is 48.1 Å². The number of hydrogen-bond donors (Lipinski definition) is 2. The second kappa shape index (κ2) is 9.81. The zero-order valence-electron chi connectivity index (χ0n) is 17.8. The molecule has 1 saturated heterocycles. The van der Waals surface area contributed by atoms with Gasteiger partial charge in [-0.2, -0.15) is 0 Å². The maximum absolute atomic E-state index is 12.6. The summed E-state index contributed by atoms with van der Waals surface area (Å²) in [7, 11) is -3.72. The van der Waals surface area contributed by atoms with Gasteiger partial charge in [0.2, 0.25) is 0 Å². The molecule has 1 atom stereocenters. The maximum Gasteiger partial charge on any atom is 0.263 e. The average Bonchev–Trinajstić information content (AvgIpc) is 3.27. The summed E-state index contributed by atoms with van der Waals surface area (Å²) in [4.78, 5) is 19.1. The Morgan fingerprint density at radius 2 is 1.91 bits per heavy atom. The topological polar surface area (TPSA) is 91.4 Å². The van der Waals surface area contributed by atoms with E-state index in [0.717, 1.165) is 25.6 Å². The van der Waals surface area contributed by atoms with E-state index in [-0.39, 0.29) is 10.8 Å². The van der Waals surface area contributed by atoms with Crippen molar-refractivity contribution in [3.63, 3.8) is 0 Å². The minimum Gasteiger partial charge on any atom is -0.322 e. The molecular weight excluding hydrogens is 444 g/mol. The molecule has 4 rings (SSSR count). The fourth-order valence-corrected chi connectivity index (χ4v) is 5.61. The van der Waals surface area contributed by atoms with Crippen LogP contribution in [-0.2, 0) is 16.6 Å². The van der Waals surface area contributed by atoms with E-state index >= 15 is 0 Å². The Hall–Kier alpha value is -2.75. The molecule has 2 heterocycles. The first-order valence-electron chi connectivity index (χ1n) is 10.5. The number of carbonyl (C=O) groups is 1. The van der Waals surface area contributed by atoms with Gasteiger partial charge in [-0.25, -0.2) is 13.4 Å². The number of amides is 1. The first-order chi connectivity index (χ1) is 15.4. The van der Waals surface area contributed by atoms with E-state index < -0.39 is 10.0 Å². The first kappa shape index (κ1) is 22.4. The molecule has 9 heteroatoms. The molecule has 168 valence electrons. The predicted molar refractivity (Wildman–Crippen MR) is 127 cm³/mol. The highest BCUT2D eigenvalue weighted by Crippen LogP contribution is 2.21. The van der Waals surface area contributed by atoms with Crippen molar-refractivity contribution < 1.29 is 13.2 Å². The number of nitrogens with zero attached hydrogens (tertiary/aromatic N) is 2. The third kappa shape index (κ3) is 5.73. The Kier molecular flexibility index (Phi) is 6.88. The Morgan fingerprint density at radius 3 is 2.56 bits per heavy atom. The maximum atomic E-state index is 12.6. The molecule has 0 spiro atoms. The van der Waals surface area contributed by atoms with Crippen LogP contribution in [0, 0.1) is 5.92 Å². The summed E-state index contributed by atoms with van der Waals surface area (Å²) in [5.41, 5.74) is 2.27. The molecule has 1 aromatic heterocycles. The van der Waals surface area contributed by atoms with Gasteiger partial charge in [0.15, 0.2) is 5.13 Å². The van der Waals surface area contributed by atoms with Crippen LogP contribution in [0.2, 0.25) is 0 Å². The van der Waals surface area contributed by atoms with Crippen LogP contribution in [0.3, 0.4) is 0 Å². The Labute approximate surface area is 192 Å². The summed E-state index contributed by atoms with van der Waals surface area (Å²) < 4.78 is 27.3. The number of sulfonamides is 1. The zero-order valence-corrected chi connectivity index (χ0v) is 19.5. The van der Waals surface area contributed by atoms with E-state index in [4.69, 9.17) is 0 Å². The van der Waals surface area contributed by atoms with E-state index in [0.29, 0.717) is 16.4 Å². The van der Waals surface area contributed by atoms with Gasteiger partial charge in [0, 0.05) is 35.9 Å². The van der Waals surface area contributed by atoms with Gasteiger partial charge < -0.3 is 5.32 Å². The molecule has 2 N–H and O–H groups in total. The number of anilines is 2.